The highest BCUT2D eigenvalue weighted by atomic mass is 16.6. The molecule has 3 aliphatic heterocycles. The third-order valence-corrected chi connectivity index (χ3v) is 4.09. The summed E-state index contributed by atoms with van der Waals surface area (Å²) in [6.07, 6.45) is 4.53. The van der Waals surface area contributed by atoms with Crippen molar-refractivity contribution in [3.8, 4) is 5.75 Å². The van der Waals surface area contributed by atoms with E-state index in [9.17, 15) is 0 Å². The van der Waals surface area contributed by atoms with Crippen molar-refractivity contribution >= 4 is 6.21 Å². The molecule has 0 saturated carbocycles. The largest absolute Gasteiger partial charge is 0.497 e. The highest BCUT2D eigenvalue weighted by molar-refractivity contribution is 5.79. The summed E-state index contributed by atoms with van der Waals surface area (Å²) in [5, 5.41) is 4.15. The van der Waals surface area contributed by atoms with Crippen molar-refractivity contribution in [2.45, 2.75) is 18.9 Å². The minimum Gasteiger partial charge on any atom is -0.497 e. The molecule has 1 aromatic carbocycles. The predicted octanol–water partition coefficient (Wildman–Crippen LogP) is 2.14. The molecule has 0 amide bonds. The van der Waals surface area contributed by atoms with Crippen molar-refractivity contribution in [3.05, 3.63) is 29.8 Å². The second-order valence-corrected chi connectivity index (χ2v) is 5.29. The molecule has 1 atom stereocenters. The summed E-state index contributed by atoms with van der Waals surface area (Å²) in [4.78, 5) is 8.15. The van der Waals surface area contributed by atoms with Gasteiger partial charge in [0.2, 0.25) is 0 Å². The van der Waals surface area contributed by atoms with E-state index in [1.165, 1.54) is 25.9 Å². The van der Waals surface area contributed by atoms with Gasteiger partial charge < -0.3 is 9.57 Å². The van der Waals surface area contributed by atoms with Crippen molar-refractivity contribution in [2.24, 2.45) is 11.1 Å². The molecule has 19 heavy (non-hydrogen) atoms. The van der Waals surface area contributed by atoms with Crippen LogP contribution in [0.1, 0.15) is 18.4 Å². The van der Waals surface area contributed by atoms with Crippen LogP contribution >= 0.6 is 0 Å². The lowest BCUT2D eigenvalue weighted by atomic mass is 9.86. The molecule has 1 unspecified atom stereocenters. The van der Waals surface area contributed by atoms with Crippen molar-refractivity contribution in [2.75, 3.05) is 26.7 Å². The summed E-state index contributed by atoms with van der Waals surface area (Å²) in [5.41, 5.74) is 1.00. The molecular weight excluding hydrogens is 240 g/mol. The molecule has 4 nitrogen and oxygen atoms in total. The van der Waals surface area contributed by atoms with E-state index in [2.05, 4.69) is 10.1 Å². The Hall–Kier alpha value is -1.55. The van der Waals surface area contributed by atoms with Crippen LogP contribution in [0.25, 0.3) is 0 Å². The van der Waals surface area contributed by atoms with Gasteiger partial charge in [-0.15, -0.1) is 0 Å². The smallest absolute Gasteiger partial charge is 0.143 e. The summed E-state index contributed by atoms with van der Waals surface area (Å²) in [5.74, 6) is 1.53. The molecule has 4 rings (SSSR count). The van der Waals surface area contributed by atoms with Gasteiger partial charge in [-0.1, -0.05) is 17.3 Å². The number of oxime groups is 1. The van der Waals surface area contributed by atoms with Gasteiger partial charge in [-0.3, -0.25) is 4.90 Å². The molecule has 2 bridgehead atoms. The maximum Gasteiger partial charge on any atom is 0.143 e. The average molecular weight is 260 g/mol. The molecule has 0 aromatic heterocycles. The maximum atomic E-state index is 5.68. The lowest BCUT2D eigenvalue weighted by Gasteiger charge is -2.42. The first-order valence-corrected chi connectivity index (χ1v) is 6.91. The third-order valence-electron chi connectivity index (χ3n) is 4.09. The van der Waals surface area contributed by atoms with E-state index in [1.807, 2.05) is 24.3 Å². The number of benzene rings is 1. The van der Waals surface area contributed by atoms with E-state index in [0.717, 1.165) is 17.9 Å². The summed E-state index contributed by atoms with van der Waals surface area (Å²) in [6.45, 7) is 3.48. The summed E-state index contributed by atoms with van der Waals surface area (Å²) >= 11 is 0. The number of hydrogen-bond acceptors (Lipinski definition) is 4. The van der Waals surface area contributed by atoms with Crippen LogP contribution in [-0.2, 0) is 4.84 Å². The second kappa shape index (κ2) is 5.61. The lowest BCUT2D eigenvalue weighted by Crippen LogP contribution is -2.50. The fourth-order valence-electron chi connectivity index (χ4n) is 2.92. The monoisotopic (exact) mass is 260 g/mol. The van der Waals surface area contributed by atoms with Gasteiger partial charge in [0.15, 0.2) is 0 Å². The normalized spacial score (nSPS) is 29.6. The number of rotatable bonds is 4. The number of ether oxygens (including phenoxy) is 1. The van der Waals surface area contributed by atoms with Gasteiger partial charge in [0.25, 0.3) is 0 Å². The van der Waals surface area contributed by atoms with E-state index in [-0.39, 0.29) is 6.10 Å². The Balaban J connectivity index is 1.58. The zero-order valence-corrected chi connectivity index (χ0v) is 11.3. The van der Waals surface area contributed by atoms with E-state index < -0.39 is 0 Å². The van der Waals surface area contributed by atoms with Gasteiger partial charge in [-0.05, 0) is 43.6 Å². The minimum absolute atomic E-state index is 0.268. The Kier molecular flexibility index (Phi) is 3.69. The fraction of sp³-hybridized carbons (Fsp3) is 0.533. The van der Waals surface area contributed by atoms with Crippen molar-refractivity contribution in [1.29, 1.82) is 0 Å². The molecule has 0 spiro atoms. The topological polar surface area (TPSA) is 34.1 Å². The molecule has 3 saturated heterocycles. The predicted molar refractivity (Wildman–Crippen MR) is 74.6 cm³/mol. The number of nitrogens with zero attached hydrogens (tertiary/aromatic N) is 2. The highest BCUT2D eigenvalue weighted by Crippen LogP contribution is 2.29. The number of piperidine rings is 3. The van der Waals surface area contributed by atoms with Gasteiger partial charge in [-0.2, -0.15) is 0 Å². The van der Waals surface area contributed by atoms with Gasteiger partial charge >= 0.3 is 0 Å². The van der Waals surface area contributed by atoms with Crippen LogP contribution in [0.3, 0.4) is 0 Å². The number of fused-ring (bicyclic) bond motifs is 3. The Morgan fingerprint density at radius 1 is 1.32 bits per heavy atom. The van der Waals surface area contributed by atoms with Gasteiger partial charge in [-0.25, -0.2) is 0 Å². The fourth-order valence-corrected chi connectivity index (χ4v) is 2.92. The minimum atomic E-state index is 0.268. The lowest BCUT2D eigenvalue weighted by molar-refractivity contribution is -0.0675. The van der Waals surface area contributed by atoms with Gasteiger partial charge in [0.1, 0.15) is 11.9 Å². The van der Waals surface area contributed by atoms with Crippen LogP contribution in [-0.4, -0.2) is 44.0 Å². The quantitative estimate of drug-likeness (QED) is 0.614. The summed E-state index contributed by atoms with van der Waals surface area (Å²) in [7, 11) is 1.67. The Morgan fingerprint density at radius 2 is 2.16 bits per heavy atom. The van der Waals surface area contributed by atoms with Crippen LogP contribution in [0, 0.1) is 5.92 Å². The molecule has 0 radical (unpaired) electrons. The first kappa shape index (κ1) is 12.5. The molecule has 3 heterocycles. The molecule has 3 fully saturated rings. The van der Waals surface area contributed by atoms with Crippen molar-refractivity contribution in [1.82, 2.24) is 4.90 Å². The zero-order chi connectivity index (χ0) is 13.1. The van der Waals surface area contributed by atoms with Gasteiger partial charge in [0.05, 0.1) is 13.3 Å². The second-order valence-electron chi connectivity index (χ2n) is 5.29. The van der Waals surface area contributed by atoms with Crippen LogP contribution in [0.15, 0.2) is 29.4 Å². The molecule has 0 aliphatic carbocycles. The van der Waals surface area contributed by atoms with Gasteiger partial charge in [0, 0.05) is 12.5 Å². The Morgan fingerprint density at radius 3 is 2.84 bits per heavy atom. The number of methoxy groups -OCH3 is 1. The van der Waals surface area contributed by atoms with Crippen LogP contribution < -0.4 is 4.74 Å². The SMILES string of the molecule is COc1cccc(/C=N/OC2CN3CCC2CC3)c1. The first-order valence-electron chi connectivity index (χ1n) is 6.91. The average Bonchev–Trinajstić information content (AvgIpc) is 2.49. The van der Waals surface area contributed by atoms with Crippen LogP contribution in [0.2, 0.25) is 0 Å². The molecule has 1 aromatic rings. The van der Waals surface area contributed by atoms with Crippen molar-refractivity contribution in [3.63, 3.8) is 0 Å². The molecular formula is C15H20N2O2. The van der Waals surface area contributed by atoms with Crippen molar-refractivity contribution < 1.29 is 9.57 Å². The van der Waals surface area contributed by atoms with E-state index in [1.54, 1.807) is 13.3 Å². The maximum absolute atomic E-state index is 5.68. The standard InChI is InChI=1S/C15H20N2O2/c1-18-14-4-2-3-12(9-14)10-16-19-15-11-17-7-5-13(15)6-8-17/h2-4,9-10,13,15H,5-8,11H2,1H3/b16-10+. The van der Waals surface area contributed by atoms with Crippen LogP contribution in [0.5, 0.6) is 5.75 Å². The zero-order valence-electron chi connectivity index (χ0n) is 11.3. The van der Waals surface area contributed by atoms with E-state index in [4.69, 9.17) is 9.57 Å². The summed E-state index contributed by atoms with van der Waals surface area (Å²) in [6, 6.07) is 7.81. The molecule has 4 heteroatoms. The van der Waals surface area contributed by atoms with E-state index in [0.29, 0.717) is 5.92 Å². The summed E-state index contributed by atoms with van der Waals surface area (Å²) < 4.78 is 5.18. The first-order chi connectivity index (χ1) is 9.35. The molecule has 0 N–H and O–H groups in total. The third kappa shape index (κ3) is 2.89. The Labute approximate surface area is 114 Å². The number of hydrogen-bond donors (Lipinski definition) is 0. The van der Waals surface area contributed by atoms with Crippen LogP contribution in [0.4, 0.5) is 0 Å². The Bertz CT molecular complexity index is 453. The molecule has 3 aliphatic rings. The molecule has 102 valence electrons. The van der Waals surface area contributed by atoms with E-state index >= 15 is 0 Å². The highest BCUT2D eigenvalue weighted by Gasteiger charge is 2.35.